The summed E-state index contributed by atoms with van der Waals surface area (Å²) < 4.78 is 0. The molecule has 3 N–H and O–H groups in total. The summed E-state index contributed by atoms with van der Waals surface area (Å²) in [5.41, 5.74) is 8.67. The second kappa shape index (κ2) is 6.00. The number of benzene rings is 1. The maximum absolute atomic E-state index is 5.78. The first kappa shape index (κ1) is 12.4. The summed E-state index contributed by atoms with van der Waals surface area (Å²) in [5.74, 6) is 0.645. The van der Waals surface area contributed by atoms with Gasteiger partial charge < -0.3 is 11.1 Å². The van der Waals surface area contributed by atoms with Crippen LogP contribution in [0.4, 0.5) is 17.2 Å². The zero-order chi connectivity index (χ0) is 12.8. The van der Waals surface area contributed by atoms with Gasteiger partial charge in [0.15, 0.2) is 5.82 Å². The van der Waals surface area contributed by atoms with Crippen molar-refractivity contribution in [1.29, 1.82) is 0 Å². The highest BCUT2D eigenvalue weighted by Gasteiger charge is 2.00. The lowest BCUT2D eigenvalue weighted by Gasteiger charge is -2.08. The molecule has 0 aliphatic rings. The highest BCUT2D eigenvalue weighted by atomic mass is 15.0. The number of hydrogen-bond donors (Lipinski definition) is 2. The Morgan fingerprint density at radius 1 is 1.22 bits per heavy atom. The van der Waals surface area contributed by atoms with Crippen LogP contribution in [0, 0.1) is 0 Å². The number of unbranched alkanes of at least 4 members (excludes halogenated alkanes) is 1. The van der Waals surface area contributed by atoms with Crippen LogP contribution in [0.2, 0.25) is 0 Å². The van der Waals surface area contributed by atoms with Crippen LogP contribution in [0.15, 0.2) is 36.8 Å². The summed E-state index contributed by atoms with van der Waals surface area (Å²) in [7, 11) is 0. The predicted octanol–water partition coefficient (Wildman–Crippen LogP) is 3.15. The van der Waals surface area contributed by atoms with E-state index in [1.807, 2.05) is 12.1 Å². The van der Waals surface area contributed by atoms with E-state index < -0.39 is 0 Å². The lowest BCUT2D eigenvalue weighted by Crippen LogP contribution is -1.99. The number of anilines is 3. The summed E-state index contributed by atoms with van der Waals surface area (Å²) >= 11 is 0. The van der Waals surface area contributed by atoms with Gasteiger partial charge in [0.05, 0.1) is 11.9 Å². The van der Waals surface area contributed by atoms with Crippen LogP contribution in [0.25, 0.3) is 0 Å². The molecule has 1 aromatic heterocycles. The summed E-state index contributed by atoms with van der Waals surface area (Å²) in [4.78, 5) is 7.96. The maximum atomic E-state index is 5.78. The van der Waals surface area contributed by atoms with Gasteiger partial charge in [0.2, 0.25) is 0 Å². The molecule has 18 heavy (non-hydrogen) atoms. The van der Waals surface area contributed by atoms with Crippen molar-refractivity contribution < 1.29 is 0 Å². The number of hydrogen-bond acceptors (Lipinski definition) is 4. The fraction of sp³-hybridized carbons (Fsp3) is 0.286. The molecular weight excluding hydrogens is 224 g/mol. The van der Waals surface area contributed by atoms with E-state index in [0.717, 1.165) is 12.1 Å². The van der Waals surface area contributed by atoms with Crippen LogP contribution in [0.3, 0.4) is 0 Å². The topological polar surface area (TPSA) is 63.8 Å². The van der Waals surface area contributed by atoms with Gasteiger partial charge in [0, 0.05) is 5.69 Å². The summed E-state index contributed by atoms with van der Waals surface area (Å²) in [6.45, 7) is 2.20. The Labute approximate surface area is 107 Å². The molecule has 0 atom stereocenters. The Balaban J connectivity index is 2.04. The normalized spacial score (nSPS) is 10.3. The SMILES string of the molecule is CCCCc1ccc(Nc2ncncc2N)cc1. The summed E-state index contributed by atoms with van der Waals surface area (Å²) in [6, 6.07) is 8.36. The molecule has 0 saturated carbocycles. The highest BCUT2D eigenvalue weighted by Crippen LogP contribution is 2.19. The number of aromatic nitrogens is 2. The van der Waals surface area contributed by atoms with Gasteiger partial charge >= 0.3 is 0 Å². The molecule has 0 spiro atoms. The minimum absolute atomic E-state index is 0.549. The Bertz CT molecular complexity index is 493. The number of nitrogens with two attached hydrogens (primary N) is 1. The van der Waals surface area contributed by atoms with Gasteiger partial charge in [-0.2, -0.15) is 0 Å². The van der Waals surface area contributed by atoms with Crippen LogP contribution >= 0.6 is 0 Å². The van der Waals surface area contributed by atoms with Crippen LogP contribution in [-0.2, 0) is 6.42 Å². The molecule has 0 radical (unpaired) electrons. The quantitative estimate of drug-likeness (QED) is 0.845. The first-order chi connectivity index (χ1) is 8.79. The maximum Gasteiger partial charge on any atom is 0.157 e. The van der Waals surface area contributed by atoms with Crippen molar-refractivity contribution in [2.75, 3.05) is 11.1 Å². The van der Waals surface area contributed by atoms with Crippen molar-refractivity contribution in [3.63, 3.8) is 0 Å². The predicted molar refractivity (Wildman–Crippen MR) is 74.8 cm³/mol. The summed E-state index contributed by atoms with van der Waals surface area (Å²) in [6.07, 6.45) is 6.65. The van der Waals surface area contributed by atoms with E-state index in [9.17, 15) is 0 Å². The first-order valence-electron chi connectivity index (χ1n) is 6.21. The monoisotopic (exact) mass is 242 g/mol. The molecule has 0 unspecified atom stereocenters. The smallest absolute Gasteiger partial charge is 0.157 e. The van der Waals surface area contributed by atoms with E-state index >= 15 is 0 Å². The Kier molecular flexibility index (Phi) is 4.12. The molecule has 0 fully saturated rings. The van der Waals surface area contributed by atoms with Crippen molar-refractivity contribution in [1.82, 2.24) is 9.97 Å². The molecule has 0 amide bonds. The second-order valence-electron chi connectivity index (χ2n) is 4.25. The van der Waals surface area contributed by atoms with Crippen molar-refractivity contribution in [2.24, 2.45) is 0 Å². The molecule has 1 heterocycles. The van der Waals surface area contributed by atoms with Crippen LogP contribution < -0.4 is 11.1 Å². The molecule has 2 rings (SSSR count). The molecular formula is C14H18N4. The molecule has 0 bridgehead atoms. The minimum Gasteiger partial charge on any atom is -0.394 e. The Morgan fingerprint density at radius 2 is 2.00 bits per heavy atom. The van der Waals surface area contributed by atoms with E-state index in [-0.39, 0.29) is 0 Å². The zero-order valence-corrected chi connectivity index (χ0v) is 10.6. The molecule has 4 nitrogen and oxygen atoms in total. The van der Waals surface area contributed by atoms with Crippen LogP contribution in [0.5, 0.6) is 0 Å². The number of nitrogens with one attached hydrogen (secondary N) is 1. The average Bonchev–Trinajstić information content (AvgIpc) is 2.41. The fourth-order valence-electron chi connectivity index (χ4n) is 1.72. The van der Waals surface area contributed by atoms with Gasteiger partial charge in [-0.1, -0.05) is 25.5 Å². The molecule has 1 aromatic carbocycles. The molecule has 0 aliphatic heterocycles. The number of nitrogens with zero attached hydrogens (tertiary/aromatic N) is 2. The molecule has 0 aliphatic carbocycles. The van der Waals surface area contributed by atoms with E-state index in [2.05, 4.69) is 34.3 Å². The number of rotatable bonds is 5. The van der Waals surface area contributed by atoms with Gasteiger partial charge in [-0.25, -0.2) is 9.97 Å². The van der Waals surface area contributed by atoms with Gasteiger partial charge in [-0.15, -0.1) is 0 Å². The molecule has 2 aromatic rings. The third kappa shape index (κ3) is 3.20. The minimum atomic E-state index is 0.549. The van der Waals surface area contributed by atoms with Crippen molar-refractivity contribution in [3.05, 3.63) is 42.4 Å². The van der Waals surface area contributed by atoms with E-state index in [1.54, 1.807) is 6.20 Å². The standard InChI is InChI=1S/C14H18N4/c1-2-3-4-11-5-7-12(8-6-11)18-14-13(15)9-16-10-17-14/h5-10H,2-4,15H2,1H3,(H,16,17,18). The third-order valence-corrected chi connectivity index (χ3v) is 2.78. The molecule has 0 saturated heterocycles. The zero-order valence-electron chi connectivity index (χ0n) is 10.6. The average molecular weight is 242 g/mol. The second-order valence-corrected chi connectivity index (χ2v) is 4.25. The van der Waals surface area contributed by atoms with Gasteiger partial charge in [0.25, 0.3) is 0 Å². The lowest BCUT2D eigenvalue weighted by atomic mass is 10.1. The molecule has 4 heteroatoms. The number of aryl methyl sites for hydroxylation is 1. The van der Waals surface area contributed by atoms with Gasteiger partial charge in [-0.3, -0.25) is 0 Å². The third-order valence-electron chi connectivity index (χ3n) is 2.78. The molecule has 94 valence electrons. The van der Waals surface area contributed by atoms with E-state index in [1.165, 1.54) is 24.7 Å². The van der Waals surface area contributed by atoms with Crippen molar-refractivity contribution >= 4 is 17.2 Å². The fourth-order valence-corrected chi connectivity index (χ4v) is 1.72. The Morgan fingerprint density at radius 3 is 2.67 bits per heavy atom. The van der Waals surface area contributed by atoms with E-state index in [4.69, 9.17) is 5.73 Å². The lowest BCUT2D eigenvalue weighted by molar-refractivity contribution is 0.795. The van der Waals surface area contributed by atoms with E-state index in [0.29, 0.717) is 11.5 Å². The van der Waals surface area contributed by atoms with Crippen LogP contribution in [-0.4, -0.2) is 9.97 Å². The van der Waals surface area contributed by atoms with Crippen LogP contribution in [0.1, 0.15) is 25.3 Å². The Hall–Kier alpha value is -2.10. The van der Waals surface area contributed by atoms with Crippen molar-refractivity contribution in [2.45, 2.75) is 26.2 Å². The largest absolute Gasteiger partial charge is 0.394 e. The first-order valence-corrected chi connectivity index (χ1v) is 6.21. The summed E-state index contributed by atoms with van der Waals surface area (Å²) in [5, 5.41) is 3.18. The van der Waals surface area contributed by atoms with Gasteiger partial charge in [-0.05, 0) is 30.5 Å². The van der Waals surface area contributed by atoms with Gasteiger partial charge in [0.1, 0.15) is 6.33 Å². The number of nitrogen functional groups attached to an aromatic ring is 1. The van der Waals surface area contributed by atoms with Crippen molar-refractivity contribution in [3.8, 4) is 0 Å². The highest BCUT2D eigenvalue weighted by molar-refractivity contribution is 5.67.